The summed E-state index contributed by atoms with van der Waals surface area (Å²) in [5.74, 6) is -4.01. The molecule has 0 radical (unpaired) electrons. The van der Waals surface area contributed by atoms with Gasteiger partial charge in [0.1, 0.15) is 17.3 Å². The first-order valence-corrected chi connectivity index (χ1v) is 11.8. The zero-order valence-corrected chi connectivity index (χ0v) is 20.4. The Balaban J connectivity index is 1.56. The Bertz CT molecular complexity index is 1500. The van der Waals surface area contributed by atoms with Gasteiger partial charge in [-0.3, -0.25) is 4.79 Å². The van der Waals surface area contributed by atoms with Gasteiger partial charge in [0.05, 0.1) is 17.8 Å². The molecule has 2 N–H and O–H groups in total. The molecule has 9 heteroatoms. The van der Waals surface area contributed by atoms with Crippen molar-refractivity contribution in [1.29, 1.82) is 0 Å². The van der Waals surface area contributed by atoms with Crippen molar-refractivity contribution < 1.29 is 23.1 Å². The molecule has 3 aromatic carbocycles. The van der Waals surface area contributed by atoms with Gasteiger partial charge in [0.25, 0.3) is 0 Å². The van der Waals surface area contributed by atoms with Gasteiger partial charge < -0.3 is 10.4 Å². The van der Waals surface area contributed by atoms with E-state index in [9.17, 15) is 23.1 Å². The van der Waals surface area contributed by atoms with Crippen LogP contribution < -0.4 is 10.6 Å². The molecule has 0 saturated heterocycles. The molecule has 4 aromatic rings. The predicted octanol–water partition coefficient (Wildman–Crippen LogP) is 5.02. The number of aromatic nitrogens is 2. The average molecular weight is 507 g/mol. The van der Waals surface area contributed by atoms with Gasteiger partial charge in [-0.05, 0) is 55.2 Å². The second-order valence-electron chi connectivity index (χ2n) is 8.60. The van der Waals surface area contributed by atoms with E-state index in [4.69, 9.17) is 4.98 Å². The first-order valence-electron chi connectivity index (χ1n) is 11.2. The molecule has 1 aliphatic carbocycles. The van der Waals surface area contributed by atoms with Crippen molar-refractivity contribution in [3.8, 4) is 28.3 Å². The Morgan fingerprint density at radius 2 is 1.69 bits per heavy atom. The van der Waals surface area contributed by atoms with Crippen LogP contribution in [0.2, 0.25) is 0 Å². The number of hydrogen-bond donors (Lipinski definition) is 2. The lowest BCUT2D eigenvalue weighted by molar-refractivity contribution is -0.115. The smallest absolute Gasteiger partial charge is 0.230 e. The number of carbonyl (C=O) groups excluding carboxylic acids is 1. The number of aromatic hydroxyl groups is 1. The minimum absolute atomic E-state index is 0.0631. The Morgan fingerprint density at radius 1 is 0.972 bits per heavy atom. The molecule has 1 aromatic heterocycles. The van der Waals surface area contributed by atoms with Crippen LogP contribution in [0.1, 0.15) is 22.4 Å². The molecular formula is C27H21F3N3O2P. The molecule has 182 valence electrons. The van der Waals surface area contributed by atoms with Crippen molar-refractivity contribution in [2.45, 2.75) is 26.2 Å². The molecule has 5 nitrogen and oxygen atoms in total. The summed E-state index contributed by atoms with van der Waals surface area (Å²) in [6.45, 7) is 1.30. The van der Waals surface area contributed by atoms with Gasteiger partial charge in [-0.15, -0.1) is 0 Å². The van der Waals surface area contributed by atoms with Gasteiger partial charge in [-0.2, -0.15) is 0 Å². The van der Waals surface area contributed by atoms with Crippen LogP contribution in [0.15, 0.2) is 48.5 Å². The number of nitrogens with one attached hydrogen (secondary N) is 1. The van der Waals surface area contributed by atoms with Crippen LogP contribution in [-0.4, -0.2) is 21.0 Å². The van der Waals surface area contributed by atoms with Gasteiger partial charge in [-0.25, -0.2) is 23.1 Å². The highest BCUT2D eigenvalue weighted by Gasteiger charge is 2.25. The summed E-state index contributed by atoms with van der Waals surface area (Å²) in [6, 6.07) is 14.1. The molecule has 0 bridgehead atoms. The van der Waals surface area contributed by atoms with Gasteiger partial charge in [-0.1, -0.05) is 33.5 Å². The summed E-state index contributed by atoms with van der Waals surface area (Å²) in [7, 11) is 1.84. The summed E-state index contributed by atoms with van der Waals surface area (Å²) in [4.78, 5) is 22.5. The van der Waals surface area contributed by atoms with Crippen LogP contribution >= 0.6 is 9.24 Å². The lowest BCUT2D eigenvalue weighted by Gasteiger charge is -2.21. The van der Waals surface area contributed by atoms with Crippen LogP contribution in [0, 0.1) is 24.4 Å². The van der Waals surface area contributed by atoms with Gasteiger partial charge >= 0.3 is 0 Å². The van der Waals surface area contributed by atoms with Crippen molar-refractivity contribution in [3.63, 3.8) is 0 Å². The third-order valence-electron chi connectivity index (χ3n) is 6.32. The maximum absolute atomic E-state index is 14.6. The molecule has 36 heavy (non-hydrogen) atoms. The second-order valence-corrected chi connectivity index (χ2v) is 9.18. The van der Waals surface area contributed by atoms with Crippen molar-refractivity contribution in [3.05, 3.63) is 88.4 Å². The second kappa shape index (κ2) is 9.36. The zero-order valence-electron chi connectivity index (χ0n) is 19.2. The minimum atomic E-state index is -1.34. The number of aryl methyl sites for hydroxylation is 2. The highest BCUT2D eigenvalue weighted by molar-refractivity contribution is 7.27. The van der Waals surface area contributed by atoms with E-state index in [2.05, 4.69) is 10.3 Å². The van der Waals surface area contributed by atoms with E-state index in [0.717, 1.165) is 17.5 Å². The number of carbonyl (C=O) groups is 1. The van der Waals surface area contributed by atoms with Crippen LogP contribution in [0.4, 0.5) is 19.0 Å². The number of amides is 1. The SMILES string of the molecule is Cc1c(F)c(P)c(F)c(F)c1CC(=O)Nc1nc2c(nc1-c1ccc(O)cc1)-c1ccccc1CC2. The number of halogens is 3. The molecule has 1 amide bonds. The Morgan fingerprint density at radius 3 is 2.44 bits per heavy atom. The minimum Gasteiger partial charge on any atom is -0.508 e. The van der Waals surface area contributed by atoms with Crippen molar-refractivity contribution in [1.82, 2.24) is 9.97 Å². The number of phenolic OH excluding ortho intramolecular Hbond substituents is 1. The first kappa shape index (κ1) is 23.9. The molecular weight excluding hydrogens is 486 g/mol. The molecule has 5 rings (SSSR count). The largest absolute Gasteiger partial charge is 0.508 e. The quantitative estimate of drug-likeness (QED) is 0.301. The number of nitrogens with zero attached hydrogens (tertiary/aromatic N) is 2. The molecule has 0 aliphatic heterocycles. The first-order chi connectivity index (χ1) is 17.2. The van der Waals surface area contributed by atoms with Gasteiger partial charge in [0, 0.05) is 22.0 Å². The summed E-state index contributed by atoms with van der Waals surface area (Å²) in [5.41, 5.74) is 3.92. The zero-order chi connectivity index (χ0) is 25.6. The molecule has 1 unspecified atom stereocenters. The van der Waals surface area contributed by atoms with E-state index in [1.165, 1.54) is 19.1 Å². The van der Waals surface area contributed by atoms with Gasteiger partial charge in [0.2, 0.25) is 5.91 Å². The lowest BCUT2D eigenvalue weighted by atomic mass is 9.91. The summed E-state index contributed by atoms with van der Waals surface area (Å²) in [5, 5.41) is 11.9. The fourth-order valence-corrected chi connectivity index (χ4v) is 4.73. The fourth-order valence-electron chi connectivity index (χ4n) is 4.38. The third-order valence-corrected chi connectivity index (χ3v) is 6.83. The van der Waals surface area contributed by atoms with E-state index in [0.29, 0.717) is 29.1 Å². The standard InChI is InChI=1S/C27H21F3N3O2P/c1-13-18(22(29)23(30)26(36)21(13)28)12-20(35)32-27-24(15-6-9-16(34)10-7-15)33-25-17-5-3-2-4-14(17)8-11-19(25)31-27/h2-7,9-10,34H,8,11-12,36H2,1H3,(H,31,32,35). The summed E-state index contributed by atoms with van der Waals surface area (Å²) < 4.78 is 43.0. The highest BCUT2D eigenvalue weighted by Crippen LogP contribution is 2.36. The van der Waals surface area contributed by atoms with Crippen LogP contribution in [0.3, 0.4) is 0 Å². The summed E-state index contributed by atoms with van der Waals surface area (Å²) in [6.07, 6.45) is 0.777. The van der Waals surface area contributed by atoms with E-state index in [-0.39, 0.29) is 22.7 Å². The molecule has 1 atom stereocenters. The van der Waals surface area contributed by atoms with Crippen LogP contribution in [-0.2, 0) is 24.1 Å². The molecule has 0 fully saturated rings. The van der Waals surface area contributed by atoms with E-state index >= 15 is 0 Å². The molecule has 1 heterocycles. The highest BCUT2D eigenvalue weighted by atomic mass is 31.0. The predicted molar refractivity (Wildman–Crippen MR) is 135 cm³/mol. The number of fused-ring (bicyclic) bond motifs is 3. The van der Waals surface area contributed by atoms with Crippen molar-refractivity contribution >= 4 is 26.3 Å². The van der Waals surface area contributed by atoms with Crippen LogP contribution in [0.5, 0.6) is 5.75 Å². The van der Waals surface area contributed by atoms with E-state index in [1.807, 2.05) is 33.5 Å². The maximum atomic E-state index is 14.6. The average Bonchev–Trinajstić information content (AvgIpc) is 2.89. The molecule has 0 saturated carbocycles. The topological polar surface area (TPSA) is 75.1 Å². The number of hydrogen-bond acceptors (Lipinski definition) is 4. The van der Waals surface area contributed by atoms with Gasteiger partial charge in [0.15, 0.2) is 17.5 Å². The summed E-state index contributed by atoms with van der Waals surface area (Å²) >= 11 is 0. The maximum Gasteiger partial charge on any atom is 0.230 e. The molecule has 1 aliphatic rings. The number of anilines is 1. The Labute approximate surface area is 207 Å². The van der Waals surface area contributed by atoms with Crippen LogP contribution in [0.25, 0.3) is 22.5 Å². The lowest BCUT2D eigenvalue weighted by Crippen LogP contribution is -2.22. The molecule has 0 spiro atoms. The van der Waals surface area contributed by atoms with E-state index in [1.54, 1.807) is 12.1 Å². The van der Waals surface area contributed by atoms with Crippen molar-refractivity contribution in [2.24, 2.45) is 0 Å². The van der Waals surface area contributed by atoms with Crippen molar-refractivity contribution in [2.75, 3.05) is 5.32 Å². The Hall–Kier alpha value is -3.77. The van der Waals surface area contributed by atoms with E-state index < -0.39 is 35.1 Å². The monoisotopic (exact) mass is 507 g/mol. The Kier molecular flexibility index (Phi) is 6.22. The number of benzene rings is 3. The fraction of sp³-hybridized carbons (Fsp3) is 0.148. The normalized spacial score (nSPS) is 12.1. The number of rotatable bonds is 4. The number of phenols is 1. The third kappa shape index (κ3) is 4.22.